The lowest BCUT2D eigenvalue weighted by Gasteiger charge is -2.09. The molecule has 0 unspecified atom stereocenters. The fraction of sp³-hybridized carbons (Fsp3) is 0.154. The Bertz CT molecular complexity index is 375. The summed E-state index contributed by atoms with van der Waals surface area (Å²) in [4.78, 5) is 3.85. The van der Waals surface area contributed by atoms with Gasteiger partial charge in [0.2, 0.25) is 0 Å². The first-order valence-electron chi connectivity index (χ1n) is 4.63. The van der Waals surface area contributed by atoms with Gasteiger partial charge in [-0.25, -0.2) is 0 Å². The third-order valence-corrected chi connectivity index (χ3v) is 2.24. The summed E-state index contributed by atoms with van der Waals surface area (Å²) in [5.74, 6) is 0. The van der Waals surface area contributed by atoms with Crippen LogP contribution >= 0.6 is 0 Å². The van der Waals surface area contributed by atoms with Crippen LogP contribution in [0.4, 0.5) is 0 Å². The number of rotatable bonds is 4. The van der Waals surface area contributed by atoms with Crippen molar-refractivity contribution in [1.82, 2.24) is 0 Å². The Morgan fingerprint density at radius 3 is 2.29 bits per heavy atom. The van der Waals surface area contributed by atoms with Crippen molar-refractivity contribution in [3.63, 3.8) is 0 Å². The number of allylic oxidation sites excluding steroid dienone is 1. The van der Waals surface area contributed by atoms with Crippen LogP contribution in [0.15, 0.2) is 42.4 Å². The molecule has 0 aliphatic carbocycles. The predicted molar refractivity (Wildman–Crippen MR) is 64.4 cm³/mol. The molecule has 0 saturated carbocycles. The number of benzene rings is 1. The van der Waals surface area contributed by atoms with Gasteiger partial charge >= 0.3 is 0 Å². The maximum absolute atomic E-state index is 4.02. The van der Waals surface area contributed by atoms with Gasteiger partial charge in [-0.15, -0.1) is 0 Å². The third kappa shape index (κ3) is 1.99. The van der Waals surface area contributed by atoms with E-state index in [0.29, 0.717) is 5.70 Å². The Hall–Kier alpha value is -1.63. The Morgan fingerprint density at radius 2 is 1.79 bits per heavy atom. The van der Waals surface area contributed by atoms with Crippen molar-refractivity contribution in [2.75, 3.05) is 0 Å². The normalized spacial score (nSPS) is 9.50. The van der Waals surface area contributed by atoms with Crippen molar-refractivity contribution in [3.05, 3.63) is 48.6 Å². The zero-order chi connectivity index (χ0) is 10.6. The summed E-state index contributed by atoms with van der Waals surface area (Å²) in [7, 11) is 0. The number of hydrogen-bond donors (Lipinski definition) is 0. The van der Waals surface area contributed by atoms with Crippen LogP contribution in [0.5, 0.6) is 0 Å². The van der Waals surface area contributed by atoms with Gasteiger partial charge in [-0.1, -0.05) is 44.3 Å². The lowest BCUT2D eigenvalue weighted by atomic mass is 9.98. The van der Waals surface area contributed by atoms with E-state index in [1.54, 1.807) is 0 Å². The minimum absolute atomic E-state index is 0.704. The average molecular weight is 185 g/mol. The molecule has 0 saturated heterocycles. The molecule has 1 aromatic rings. The minimum atomic E-state index is 0.704. The summed E-state index contributed by atoms with van der Waals surface area (Å²) in [5, 5.41) is 0. The lowest BCUT2D eigenvalue weighted by Crippen LogP contribution is -1.89. The van der Waals surface area contributed by atoms with E-state index in [1.165, 1.54) is 0 Å². The first kappa shape index (κ1) is 10.5. The summed E-state index contributed by atoms with van der Waals surface area (Å²) in [5.41, 5.74) is 3.95. The lowest BCUT2D eigenvalue weighted by molar-refractivity contribution is 1.24. The van der Waals surface area contributed by atoms with E-state index in [0.717, 1.165) is 23.1 Å². The molecule has 0 amide bonds. The van der Waals surface area contributed by atoms with Gasteiger partial charge in [0.05, 0.1) is 5.70 Å². The molecule has 0 aliphatic rings. The highest BCUT2D eigenvalue weighted by molar-refractivity contribution is 5.78. The molecule has 1 aromatic carbocycles. The van der Waals surface area contributed by atoms with Crippen LogP contribution < -0.4 is 0 Å². The molecule has 0 fully saturated rings. The van der Waals surface area contributed by atoms with Gasteiger partial charge in [-0.2, -0.15) is 0 Å². The monoisotopic (exact) mass is 185 g/mol. The molecule has 0 bridgehead atoms. The molecule has 0 aromatic heterocycles. The van der Waals surface area contributed by atoms with E-state index >= 15 is 0 Å². The molecule has 0 spiro atoms. The first-order chi connectivity index (χ1) is 6.70. The molecule has 14 heavy (non-hydrogen) atoms. The summed E-state index contributed by atoms with van der Waals surface area (Å²) < 4.78 is 0. The largest absolute Gasteiger partial charge is 0.265 e. The van der Waals surface area contributed by atoms with Crippen LogP contribution in [-0.4, -0.2) is 6.72 Å². The van der Waals surface area contributed by atoms with Crippen LogP contribution in [0.3, 0.4) is 0 Å². The van der Waals surface area contributed by atoms with Gasteiger partial charge in [0, 0.05) is 5.56 Å². The van der Waals surface area contributed by atoms with E-state index in [1.807, 2.05) is 24.3 Å². The van der Waals surface area contributed by atoms with E-state index in [4.69, 9.17) is 0 Å². The van der Waals surface area contributed by atoms with Crippen LogP contribution in [0.1, 0.15) is 24.5 Å². The van der Waals surface area contributed by atoms with Crippen LogP contribution in [0.2, 0.25) is 0 Å². The highest BCUT2D eigenvalue weighted by atomic mass is 14.7. The maximum atomic E-state index is 4.02. The first-order valence-corrected chi connectivity index (χ1v) is 4.63. The predicted octanol–water partition coefficient (Wildman–Crippen LogP) is 3.78. The van der Waals surface area contributed by atoms with Crippen molar-refractivity contribution >= 4 is 18.0 Å². The fourth-order valence-corrected chi connectivity index (χ4v) is 1.32. The highest BCUT2D eigenvalue weighted by Gasteiger charge is 2.05. The van der Waals surface area contributed by atoms with E-state index in [2.05, 4.69) is 31.8 Å². The number of aliphatic imine (C=N–C) groups is 1. The zero-order valence-electron chi connectivity index (χ0n) is 8.59. The summed E-state index contributed by atoms with van der Waals surface area (Å²) in [6.07, 6.45) is 0.932. The zero-order valence-corrected chi connectivity index (χ0v) is 8.59. The van der Waals surface area contributed by atoms with E-state index < -0.39 is 0 Å². The molecule has 1 nitrogen and oxygen atoms in total. The molecule has 0 radical (unpaired) electrons. The molecule has 0 N–H and O–H groups in total. The third-order valence-electron chi connectivity index (χ3n) is 2.24. The highest BCUT2D eigenvalue weighted by Crippen LogP contribution is 2.25. The van der Waals surface area contributed by atoms with Crippen molar-refractivity contribution in [3.8, 4) is 0 Å². The van der Waals surface area contributed by atoms with Gasteiger partial charge in [-0.05, 0) is 24.3 Å². The van der Waals surface area contributed by atoms with Gasteiger partial charge in [0.25, 0.3) is 0 Å². The second-order valence-corrected chi connectivity index (χ2v) is 3.11. The molecule has 72 valence electrons. The Balaban J connectivity index is 3.22. The molecule has 0 atom stereocenters. The van der Waals surface area contributed by atoms with Crippen LogP contribution in [-0.2, 0) is 0 Å². The molecular weight excluding hydrogens is 170 g/mol. The average Bonchev–Trinajstić information content (AvgIpc) is 2.27. The SMILES string of the molecule is C=NC(=C)c1ccccc1C(=C)CC. The summed E-state index contributed by atoms with van der Waals surface area (Å²) >= 11 is 0. The Morgan fingerprint density at radius 1 is 1.21 bits per heavy atom. The van der Waals surface area contributed by atoms with Crippen LogP contribution in [0.25, 0.3) is 11.3 Å². The minimum Gasteiger partial charge on any atom is -0.265 e. The number of hydrogen-bond acceptors (Lipinski definition) is 1. The van der Waals surface area contributed by atoms with Crippen molar-refractivity contribution in [1.29, 1.82) is 0 Å². The summed E-state index contributed by atoms with van der Waals surface area (Å²) in [6.45, 7) is 13.4. The molecule has 1 heteroatoms. The summed E-state index contributed by atoms with van der Waals surface area (Å²) in [6, 6.07) is 8.00. The number of nitrogens with zero attached hydrogens (tertiary/aromatic N) is 1. The Kier molecular flexibility index (Phi) is 3.41. The van der Waals surface area contributed by atoms with Crippen molar-refractivity contribution in [2.24, 2.45) is 4.99 Å². The maximum Gasteiger partial charge on any atom is 0.0629 e. The van der Waals surface area contributed by atoms with Crippen LogP contribution in [0, 0.1) is 0 Å². The van der Waals surface area contributed by atoms with Crippen molar-refractivity contribution in [2.45, 2.75) is 13.3 Å². The Labute approximate surface area is 85.5 Å². The quantitative estimate of drug-likeness (QED) is 0.633. The molecule has 1 rings (SSSR count). The van der Waals surface area contributed by atoms with E-state index in [9.17, 15) is 0 Å². The van der Waals surface area contributed by atoms with Gasteiger partial charge in [0.1, 0.15) is 0 Å². The second-order valence-electron chi connectivity index (χ2n) is 3.11. The van der Waals surface area contributed by atoms with Gasteiger partial charge in [-0.3, -0.25) is 4.99 Å². The molecule has 0 aliphatic heterocycles. The second kappa shape index (κ2) is 4.56. The fourth-order valence-electron chi connectivity index (χ4n) is 1.32. The van der Waals surface area contributed by atoms with Gasteiger partial charge in [0.15, 0.2) is 0 Å². The smallest absolute Gasteiger partial charge is 0.0629 e. The molecular formula is C13H15N. The van der Waals surface area contributed by atoms with E-state index in [-0.39, 0.29) is 0 Å². The van der Waals surface area contributed by atoms with Crippen molar-refractivity contribution < 1.29 is 0 Å². The standard InChI is InChI=1S/C13H15N/c1-5-10(2)12-8-6-7-9-13(12)11(3)14-4/h6-9H,2-5H2,1H3. The molecule has 0 heterocycles. The van der Waals surface area contributed by atoms with Gasteiger partial charge < -0.3 is 0 Å². The topological polar surface area (TPSA) is 12.4 Å².